The van der Waals surface area contributed by atoms with Gasteiger partial charge in [-0.1, -0.05) is 11.6 Å². The van der Waals surface area contributed by atoms with Crippen LogP contribution in [0.15, 0.2) is 16.9 Å². The molecule has 0 spiro atoms. The van der Waals surface area contributed by atoms with Crippen LogP contribution in [0.4, 0.5) is 0 Å². The third-order valence-corrected chi connectivity index (χ3v) is 2.49. The number of carboxylic acids is 1. The van der Waals surface area contributed by atoms with Gasteiger partial charge in [-0.3, -0.25) is 0 Å². The fourth-order valence-corrected chi connectivity index (χ4v) is 1.69. The van der Waals surface area contributed by atoms with Gasteiger partial charge in [-0.2, -0.15) is 5.10 Å². The van der Waals surface area contributed by atoms with E-state index in [1.165, 1.54) is 16.9 Å². The molecule has 0 fully saturated rings. The molecule has 14 heavy (non-hydrogen) atoms. The minimum Gasteiger partial charge on any atom is -0.476 e. The molecule has 2 rings (SSSR count). The van der Waals surface area contributed by atoms with Gasteiger partial charge < -0.3 is 5.11 Å². The van der Waals surface area contributed by atoms with Crippen LogP contribution in [0.2, 0.25) is 5.02 Å². The monoisotopic (exact) mass is 275 g/mol. The minimum absolute atomic E-state index is 0.00176. The zero-order valence-electron chi connectivity index (χ0n) is 6.61. The van der Waals surface area contributed by atoms with Crippen LogP contribution in [0.1, 0.15) is 10.5 Å². The Morgan fingerprint density at radius 3 is 2.93 bits per heavy atom. The van der Waals surface area contributed by atoms with E-state index in [2.05, 4.69) is 26.0 Å². The summed E-state index contributed by atoms with van der Waals surface area (Å²) in [5, 5.41) is 13.0. The standard InChI is InChI=1S/C7H3BrClN3O2/c8-3-1-10-6-4(9)2-11-12(6)5(3)7(13)14/h1-2H,(H,13,14). The molecule has 7 heteroatoms. The molecule has 0 amide bonds. The Labute approximate surface area is 91.4 Å². The number of halogens is 2. The first-order chi connectivity index (χ1) is 6.61. The molecule has 0 aliphatic heterocycles. The van der Waals surface area contributed by atoms with Crippen molar-refractivity contribution in [3.05, 3.63) is 27.6 Å². The van der Waals surface area contributed by atoms with Gasteiger partial charge in [-0.05, 0) is 15.9 Å². The maximum absolute atomic E-state index is 10.9. The molecule has 0 saturated heterocycles. The van der Waals surface area contributed by atoms with Crippen molar-refractivity contribution in [1.82, 2.24) is 14.6 Å². The van der Waals surface area contributed by atoms with Crippen LogP contribution < -0.4 is 0 Å². The Kier molecular flexibility index (Phi) is 2.16. The van der Waals surface area contributed by atoms with Crippen LogP contribution in [0, 0.1) is 0 Å². The van der Waals surface area contributed by atoms with Crippen molar-refractivity contribution < 1.29 is 9.90 Å². The Morgan fingerprint density at radius 2 is 2.29 bits per heavy atom. The summed E-state index contributed by atoms with van der Waals surface area (Å²) in [4.78, 5) is 14.8. The second-order valence-corrected chi connectivity index (χ2v) is 3.75. The molecule has 0 saturated carbocycles. The molecule has 5 nitrogen and oxygen atoms in total. The van der Waals surface area contributed by atoms with Crippen molar-refractivity contribution in [3.8, 4) is 0 Å². The third-order valence-electron chi connectivity index (χ3n) is 1.64. The molecule has 0 aliphatic carbocycles. The molecule has 0 radical (unpaired) electrons. The molecule has 1 N–H and O–H groups in total. The van der Waals surface area contributed by atoms with E-state index in [0.717, 1.165) is 0 Å². The summed E-state index contributed by atoms with van der Waals surface area (Å²) in [5.74, 6) is -1.09. The quantitative estimate of drug-likeness (QED) is 0.863. The average Bonchev–Trinajstić information content (AvgIpc) is 2.47. The van der Waals surface area contributed by atoms with E-state index in [-0.39, 0.29) is 5.69 Å². The smallest absolute Gasteiger partial charge is 0.355 e. The Morgan fingerprint density at radius 1 is 1.57 bits per heavy atom. The van der Waals surface area contributed by atoms with Gasteiger partial charge in [0.05, 0.1) is 10.7 Å². The van der Waals surface area contributed by atoms with Crippen molar-refractivity contribution in [2.45, 2.75) is 0 Å². The van der Waals surface area contributed by atoms with E-state index >= 15 is 0 Å². The number of nitrogens with zero attached hydrogens (tertiary/aromatic N) is 3. The summed E-state index contributed by atoms with van der Waals surface area (Å²) in [6, 6.07) is 0. The molecule has 0 unspecified atom stereocenters. The number of carbonyl (C=O) groups is 1. The molecule has 0 aliphatic rings. The summed E-state index contributed by atoms with van der Waals surface area (Å²) in [7, 11) is 0. The van der Waals surface area contributed by atoms with Crippen LogP contribution in [0.3, 0.4) is 0 Å². The highest BCUT2D eigenvalue weighted by Crippen LogP contribution is 2.20. The number of rotatable bonds is 1. The number of aromatic nitrogens is 3. The number of hydrogen-bond donors (Lipinski definition) is 1. The third kappa shape index (κ3) is 1.27. The molecule has 2 aromatic heterocycles. The van der Waals surface area contributed by atoms with Gasteiger partial charge in [0.15, 0.2) is 11.3 Å². The van der Waals surface area contributed by atoms with Crippen molar-refractivity contribution in [3.63, 3.8) is 0 Å². The zero-order chi connectivity index (χ0) is 10.3. The maximum atomic E-state index is 10.9. The molecule has 0 aromatic carbocycles. The van der Waals surface area contributed by atoms with E-state index in [1.54, 1.807) is 0 Å². The maximum Gasteiger partial charge on any atom is 0.355 e. The fourth-order valence-electron chi connectivity index (χ4n) is 1.07. The fraction of sp³-hybridized carbons (Fsp3) is 0. The first kappa shape index (κ1) is 9.42. The van der Waals surface area contributed by atoms with Gasteiger partial charge in [0.2, 0.25) is 0 Å². The van der Waals surface area contributed by atoms with Crippen LogP contribution in [-0.4, -0.2) is 25.7 Å². The topological polar surface area (TPSA) is 67.5 Å². The average molecular weight is 276 g/mol. The summed E-state index contributed by atoms with van der Waals surface area (Å²) in [5.41, 5.74) is 0.328. The van der Waals surface area contributed by atoms with Crippen LogP contribution in [0.5, 0.6) is 0 Å². The predicted octanol–water partition coefficient (Wildman–Crippen LogP) is 1.84. The highest BCUT2D eigenvalue weighted by Gasteiger charge is 2.16. The second kappa shape index (κ2) is 3.21. The summed E-state index contributed by atoms with van der Waals surface area (Å²) < 4.78 is 1.53. The van der Waals surface area contributed by atoms with Gasteiger partial charge in [-0.15, -0.1) is 0 Å². The molecular weight excluding hydrogens is 273 g/mol. The second-order valence-electron chi connectivity index (χ2n) is 2.49. The number of carboxylic acid groups (broad SMARTS) is 1. The van der Waals surface area contributed by atoms with E-state index in [1.807, 2.05) is 0 Å². The number of hydrogen-bond acceptors (Lipinski definition) is 3. The lowest BCUT2D eigenvalue weighted by Gasteiger charge is -2.00. The van der Waals surface area contributed by atoms with Gasteiger partial charge in [-0.25, -0.2) is 14.3 Å². The highest BCUT2D eigenvalue weighted by atomic mass is 79.9. The normalized spacial score (nSPS) is 10.7. The summed E-state index contributed by atoms with van der Waals surface area (Å²) in [6.45, 7) is 0. The molecule has 2 aromatic rings. The summed E-state index contributed by atoms with van der Waals surface area (Å²) in [6.07, 6.45) is 2.73. The SMILES string of the molecule is O=C(O)c1c(Br)cnc2c(Cl)cnn12. The summed E-state index contributed by atoms with van der Waals surface area (Å²) >= 11 is 8.83. The molecule has 72 valence electrons. The highest BCUT2D eigenvalue weighted by molar-refractivity contribution is 9.10. The van der Waals surface area contributed by atoms with E-state index in [9.17, 15) is 4.79 Å². The van der Waals surface area contributed by atoms with Crippen LogP contribution >= 0.6 is 27.5 Å². The van der Waals surface area contributed by atoms with Gasteiger partial charge in [0.25, 0.3) is 0 Å². The van der Waals surface area contributed by atoms with Crippen LogP contribution in [-0.2, 0) is 0 Å². The van der Waals surface area contributed by atoms with Crippen molar-refractivity contribution in [2.24, 2.45) is 0 Å². The van der Waals surface area contributed by atoms with Gasteiger partial charge >= 0.3 is 5.97 Å². The number of fused-ring (bicyclic) bond motifs is 1. The largest absolute Gasteiger partial charge is 0.476 e. The van der Waals surface area contributed by atoms with Gasteiger partial charge in [0, 0.05) is 6.20 Å². The lowest BCUT2D eigenvalue weighted by atomic mass is 10.4. The lowest BCUT2D eigenvalue weighted by Crippen LogP contribution is -2.08. The van der Waals surface area contributed by atoms with Crippen molar-refractivity contribution >= 4 is 39.1 Å². The molecule has 2 heterocycles. The molecule has 0 atom stereocenters. The van der Waals surface area contributed by atoms with E-state index in [0.29, 0.717) is 15.1 Å². The zero-order valence-corrected chi connectivity index (χ0v) is 8.95. The Balaban J connectivity index is 2.90. The Hall–Kier alpha value is -1.14. The van der Waals surface area contributed by atoms with Crippen molar-refractivity contribution in [1.29, 1.82) is 0 Å². The molecular formula is C7H3BrClN3O2. The first-order valence-corrected chi connectivity index (χ1v) is 4.69. The van der Waals surface area contributed by atoms with Crippen molar-refractivity contribution in [2.75, 3.05) is 0 Å². The lowest BCUT2D eigenvalue weighted by molar-refractivity contribution is 0.0686. The first-order valence-electron chi connectivity index (χ1n) is 3.52. The number of aromatic carboxylic acids is 1. The van der Waals surface area contributed by atoms with Gasteiger partial charge in [0.1, 0.15) is 5.02 Å². The van der Waals surface area contributed by atoms with E-state index in [4.69, 9.17) is 16.7 Å². The molecule has 0 bridgehead atoms. The van der Waals surface area contributed by atoms with Crippen LogP contribution in [0.25, 0.3) is 5.65 Å². The Bertz CT molecular complexity index is 525. The minimum atomic E-state index is -1.09. The predicted molar refractivity (Wildman–Crippen MR) is 52.7 cm³/mol. The van der Waals surface area contributed by atoms with E-state index < -0.39 is 5.97 Å².